The number of benzene rings is 1. The van der Waals surface area contributed by atoms with Crippen LogP contribution in [0.4, 0.5) is 0 Å². The molecule has 98 valence electrons. The van der Waals surface area contributed by atoms with E-state index >= 15 is 0 Å². The molecule has 19 heavy (non-hydrogen) atoms. The van der Waals surface area contributed by atoms with Crippen molar-refractivity contribution in [3.05, 3.63) is 21.4 Å². The molecule has 0 bridgehead atoms. The van der Waals surface area contributed by atoms with Crippen molar-refractivity contribution in [3.63, 3.8) is 0 Å². The van der Waals surface area contributed by atoms with Gasteiger partial charge in [-0.05, 0) is 18.6 Å². The molecule has 0 saturated carbocycles. The lowest BCUT2D eigenvalue weighted by Crippen LogP contribution is -2.03. The number of ether oxygens (including phenoxy) is 1. The van der Waals surface area contributed by atoms with E-state index in [1.807, 2.05) is 0 Å². The molecule has 0 aliphatic carbocycles. The summed E-state index contributed by atoms with van der Waals surface area (Å²) in [6.45, 7) is 1.66. The van der Waals surface area contributed by atoms with E-state index in [0.717, 1.165) is 23.5 Å². The van der Waals surface area contributed by atoms with Crippen LogP contribution in [0.25, 0.3) is 0 Å². The lowest BCUT2D eigenvalue weighted by molar-refractivity contribution is -0.135. The van der Waals surface area contributed by atoms with Crippen molar-refractivity contribution in [1.82, 2.24) is 0 Å². The number of nitrogens with zero attached hydrogens (tertiary/aromatic N) is 1. The summed E-state index contributed by atoms with van der Waals surface area (Å²) in [5.41, 5.74) is 0.396. The minimum atomic E-state index is -0.735. The summed E-state index contributed by atoms with van der Waals surface area (Å²) in [4.78, 5) is 12.4. The number of carbonyl (C=O) groups is 1. The Hall–Kier alpha value is -1.78. The predicted octanol–water partition coefficient (Wildman–Crippen LogP) is 2.51. The molecule has 0 fully saturated rings. The second kappa shape index (κ2) is 5.07. The van der Waals surface area contributed by atoms with Crippen LogP contribution in [0, 0.1) is 18.3 Å². The number of carbonyl (C=O) groups excluding carboxylic acids is 1. The molecule has 1 aromatic rings. The van der Waals surface area contributed by atoms with Gasteiger partial charge in [0.15, 0.2) is 5.57 Å². The van der Waals surface area contributed by atoms with Crippen LogP contribution in [0.15, 0.2) is 25.7 Å². The number of hydrogen-bond acceptors (Lipinski definition) is 7. The number of aromatic hydroxyl groups is 2. The van der Waals surface area contributed by atoms with Gasteiger partial charge in [0, 0.05) is 0 Å². The van der Waals surface area contributed by atoms with Crippen molar-refractivity contribution in [2.45, 2.75) is 16.7 Å². The molecule has 1 aliphatic heterocycles. The number of nitriles is 1. The number of rotatable bonds is 1. The zero-order valence-corrected chi connectivity index (χ0v) is 11.7. The van der Waals surface area contributed by atoms with Gasteiger partial charge in [-0.3, -0.25) is 0 Å². The number of hydrogen-bond donors (Lipinski definition) is 2. The molecule has 1 aromatic carbocycles. The second-order valence-electron chi connectivity index (χ2n) is 3.69. The summed E-state index contributed by atoms with van der Waals surface area (Å²) in [5, 5.41) is 28.8. The van der Waals surface area contributed by atoms with Crippen LogP contribution in [-0.4, -0.2) is 23.3 Å². The molecule has 7 heteroatoms. The highest BCUT2D eigenvalue weighted by Gasteiger charge is 2.30. The molecule has 2 rings (SSSR count). The van der Waals surface area contributed by atoms with Crippen molar-refractivity contribution < 1.29 is 19.7 Å². The zero-order chi connectivity index (χ0) is 14.2. The first-order valence-electron chi connectivity index (χ1n) is 5.13. The van der Waals surface area contributed by atoms with E-state index in [9.17, 15) is 15.0 Å². The van der Waals surface area contributed by atoms with E-state index < -0.39 is 5.97 Å². The van der Waals surface area contributed by atoms with Gasteiger partial charge in [0.25, 0.3) is 0 Å². The number of phenols is 2. The second-order valence-corrected chi connectivity index (χ2v) is 5.99. The molecule has 1 heterocycles. The Morgan fingerprint density at radius 3 is 2.58 bits per heavy atom. The Morgan fingerprint density at radius 1 is 1.37 bits per heavy atom. The summed E-state index contributed by atoms with van der Waals surface area (Å²) < 4.78 is 4.92. The van der Waals surface area contributed by atoms with Crippen LogP contribution in [0.2, 0.25) is 0 Å². The number of fused-ring (bicyclic) bond motifs is 1. The third-order valence-corrected chi connectivity index (χ3v) is 5.10. The van der Waals surface area contributed by atoms with Crippen LogP contribution in [0.1, 0.15) is 5.56 Å². The molecule has 1 aliphatic rings. The quantitative estimate of drug-likeness (QED) is 0.356. The van der Waals surface area contributed by atoms with Crippen molar-refractivity contribution in [2.75, 3.05) is 7.11 Å². The fourth-order valence-corrected chi connectivity index (χ4v) is 4.08. The topological polar surface area (TPSA) is 90.6 Å². The molecule has 2 N–H and O–H groups in total. The Labute approximate surface area is 117 Å². The average Bonchev–Trinajstić information content (AvgIpc) is 2.82. The Bertz CT molecular complexity index is 646. The highest BCUT2D eigenvalue weighted by molar-refractivity contribution is 8.24. The van der Waals surface area contributed by atoms with E-state index in [0.29, 0.717) is 19.6 Å². The van der Waals surface area contributed by atoms with Gasteiger partial charge in [-0.1, -0.05) is 23.5 Å². The van der Waals surface area contributed by atoms with Gasteiger partial charge in [-0.15, -0.1) is 0 Å². The molecule has 0 unspecified atom stereocenters. The molecule has 0 radical (unpaired) electrons. The summed E-state index contributed by atoms with van der Waals surface area (Å²) in [6.07, 6.45) is 0. The minimum Gasteiger partial charge on any atom is -0.507 e. The largest absolute Gasteiger partial charge is 0.507 e. The zero-order valence-electron chi connectivity index (χ0n) is 10.1. The molecule has 0 amide bonds. The predicted molar refractivity (Wildman–Crippen MR) is 70.9 cm³/mol. The summed E-state index contributed by atoms with van der Waals surface area (Å²) >= 11 is 2.15. The van der Waals surface area contributed by atoms with Crippen LogP contribution in [0.5, 0.6) is 11.5 Å². The van der Waals surface area contributed by atoms with Gasteiger partial charge in [0.05, 0.1) is 21.1 Å². The summed E-state index contributed by atoms with van der Waals surface area (Å²) in [7, 11) is 1.19. The Morgan fingerprint density at radius 2 is 2.00 bits per heavy atom. The summed E-state index contributed by atoms with van der Waals surface area (Å²) in [5.74, 6) is -0.677. The molecule has 5 nitrogen and oxygen atoms in total. The number of esters is 1. The third-order valence-electron chi connectivity index (χ3n) is 2.48. The maximum atomic E-state index is 11.5. The first-order chi connectivity index (χ1) is 8.99. The third kappa shape index (κ3) is 2.25. The monoisotopic (exact) mass is 295 g/mol. The Kier molecular flexibility index (Phi) is 3.64. The van der Waals surface area contributed by atoms with Gasteiger partial charge in [-0.2, -0.15) is 5.26 Å². The van der Waals surface area contributed by atoms with Gasteiger partial charge in [-0.25, -0.2) is 4.79 Å². The van der Waals surface area contributed by atoms with E-state index in [1.165, 1.54) is 13.2 Å². The fourth-order valence-electron chi connectivity index (χ4n) is 1.52. The van der Waals surface area contributed by atoms with Crippen LogP contribution in [0.3, 0.4) is 0 Å². The molecular formula is C12H9NO4S2. The van der Waals surface area contributed by atoms with Gasteiger partial charge >= 0.3 is 5.97 Å². The molecule has 0 aromatic heterocycles. The lowest BCUT2D eigenvalue weighted by atomic mass is 10.2. The van der Waals surface area contributed by atoms with E-state index in [1.54, 1.807) is 13.0 Å². The summed E-state index contributed by atoms with van der Waals surface area (Å²) in [6, 6.07) is 3.22. The van der Waals surface area contributed by atoms with E-state index in [4.69, 9.17) is 5.26 Å². The maximum Gasteiger partial charge on any atom is 0.350 e. The van der Waals surface area contributed by atoms with E-state index in [-0.39, 0.29) is 17.1 Å². The van der Waals surface area contributed by atoms with Gasteiger partial charge in [0.1, 0.15) is 17.6 Å². The number of phenolic OH excluding ortho intramolecular Hbond substituents is 2. The van der Waals surface area contributed by atoms with Crippen LogP contribution < -0.4 is 0 Å². The van der Waals surface area contributed by atoms with Crippen LogP contribution >= 0.6 is 23.5 Å². The standard InChI is InChI=1S/C12H9NO4S2/c1-5-3-7(14)9-10(8(5)15)19-12(18-9)6(4-13)11(16)17-2/h3,14-15H,1-2H3/b12-6-. The van der Waals surface area contributed by atoms with Crippen molar-refractivity contribution in [1.29, 1.82) is 5.26 Å². The first-order valence-corrected chi connectivity index (χ1v) is 6.76. The number of aryl methyl sites for hydroxylation is 1. The maximum absolute atomic E-state index is 11.5. The Balaban J connectivity index is 2.54. The fraction of sp³-hybridized carbons (Fsp3) is 0.167. The number of methoxy groups -OCH3 is 1. The molecular weight excluding hydrogens is 286 g/mol. The van der Waals surface area contributed by atoms with Crippen molar-refractivity contribution >= 4 is 29.5 Å². The molecule has 0 saturated heterocycles. The van der Waals surface area contributed by atoms with Gasteiger partial charge in [0.2, 0.25) is 0 Å². The smallest absolute Gasteiger partial charge is 0.350 e. The van der Waals surface area contributed by atoms with Crippen molar-refractivity contribution in [3.8, 4) is 17.6 Å². The normalized spacial score (nSPS) is 15.6. The number of thioether (sulfide) groups is 2. The van der Waals surface area contributed by atoms with E-state index in [2.05, 4.69) is 4.74 Å². The van der Waals surface area contributed by atoms with Crippen LogP contribution in [-0.2, 0) is 9.53 Å². The van der Waals surface area contributed by atoms with Crippen molar-refractivity contribution in [2.24, 2.45) is 0 Å². The van der Waals surface area contributed by atoms with Gasteiger partial charge < -0.3 is 14.9 Å². The highest BCUT2D eigenvalue weighted by atomic mass is 32.2. The average molecular weight is 295 g/mol. The molecule has 0 atom stereocenters. The SMILES string of the molecule is COC(=O)/C(C#N)=C1/Sc2c(O)cc(C)c(O)c2S1. The first kappa shape index (κ1) is 13.6. The molecule has 0 spiro atoms. The lowest BCUT2D eigenvalue weighted by Gasteiger charge is -2.05. The minimum absolute atomic E-state index is 0.0138. The highest BCUT2D eigenvalue weighted by Crippen LogP contribution is 2.59.